The number of ketones is 1. The van der Waals surface area contributed by atoms with Crippen molar-refractivity contribution in [3.05, 3.63) is 29.7 Å². The Hall–Kier alpha value is -3.30. The highest BCUT2D eigenvalue weighted by atomic mass is 19.1. The molecular weight excluding hydrogens is 563 g/mol. The smallest absolute Gasteiger partial charge is 0.408 e. The predicted octanol–water partition coefficient (Wildman–Crippen LogP) is 5.62. The van der Waals surface area contributed by atoms with Crippen LogP contribution >= 0.6 is 0 Å². The quantitative estimate of drug-likeness (QED) is 0.471. The van der Waals surface area contributed by atoms with Crippen LogP contribution in [0, 0.1) is 34.9 Å². The fourth-order valence-electron chi connectivity index (χ4n) is 7.99. The summed E-state index contributed by atoms with van der Waals surface area (Å²) in [7, 11) is 0. The number of nitrogens with zero attached hydrogens (tertiary/aromatic N) is 3. The topological polar surface area (TPSA) is 111 Å². The largest absolute Gasteiger partial charge is 0.471 e. The highest BCUT2D eigenvalue weighted by molar-refractivity contribution is 5.92. The van der Waals surface area contributed by atoms with Gasteiger partial charge in [0.2, 0.25) is 11.8 Å². The van der Waals surface area contributed by atoms with Crippen LogP contribution in [0.2, 0.25) is 0 Å². The normalized spacial score (nSPS) is 32.8. The Morgan fingerprint density at radius 1 is 1.05 bits per heavy atom. The Morgan fingerprint density at radius 2 is 1.84 bits per heavy atom. The van der Waals surface area contributed by atoms with Gasteiger partial charge in [-0.15, -0.1) is 0 Å². The van der Waals surface area contributed by atoms with E-state index in [2.05, 4.69) is 5.32 Å². The summed E-state index contributed by atoms with van der Waals surface area (Å²) in [6.45, 7) is 9.32. The van der Waals surface area contributed by atoms with Gasteiger partial charge < -0.3 is 19.7 Å². The summed E-state index contributed by atoms with van der Waals surface area (Å²) >= 11 is 0. The van der Waals surface area contributed by atoms with Crippen molar-refractivity contribution in [3.63, 3.8) is 0 Å². The summed E-state index contributed by atoms with van der Waals surface area (Å²) < 4.78 is 26.8. The molecule has 2 amide bonds. The van der Waals surface area contributed by atoms with Crippen molar-refractivity contribution in [2.45, 2.75) is 110 Å². The predicted molar refractivity (Wildman–Crippen MR) is 162 cm³/mol. The van der Waals surface area contributed by atoms with Crippen molar-refractivity contribution in [3.8, 4) is 5.88 Å². The van der Waals surface area contributed by atoms with Gasteiger partial charge in [-0.25, -0.2) is 19.2 Å². The molecule has 0 radical (unpaired) electrons. The number of hydrogen-bond acceptors (Lipinski definition) is 7. The second kappa shape index (κ2) is 11.9. The third-order valence-corrected chi connectivity index (χ3v) is 10.3. The molecule has 3 heterocycles. The molecule has 1 aromatic heterocycles. The van der Waals surface area contributed by atoms with E-state index in [1.807, 2.05) is 27.7 Å². The van der Waals surface area contributed by atoms with Crippen molar-refractivity contribution in [2.75, 3.05) is 6.54 Å². The Bertz CT molecular complexity index is 1440. The second-order valence-corrected chi connectivity index (χ2v) is 14.4. The van der Waals surface area contributed by atoms with Gasteiger partial charge in [-0.2, -0.15) is 0 Å². The molecule has 2 unspecified atom stereocenters. The molecule has 6 rings (SSSR count). The molecule has 1 N–H and O–H groups in total. The molecule has 44 heavy (non-hydrogen) atoms. The van der Waals surface area contributed by atoms with E-state index in [-0.39, 0.29) is 30.3 Å². The minimum Gasteiger partial charge on any atom is -0.471 e. The number of rotatable bonds is 2. The summed E-state index contributed by atoms with van der Waals surface area (Å²) in [4.78, 5) is 51.9. The average Bonchev–Trinajstić information content (AvgIpc) is 3.49. The van der Waals surface area contributed by atoms with E-state index in [1.54, 1.807) is 11.0 Å². The van der Waals surface area contributed by atoms with Crippen LogP contribution in [0.3, 0.4) is 0 Å². The number of fused-ring (bicyclic) bond motifs is 7. The van der Waals surface area contributed by atoms with Gasteiger partial charge in [-0.1, -0.05) is 40.5 Å². The molecule has 9 nitrogen and oxygen atoms in total. The standard InChI is InChI=1S/C34H45FN4O5/c1-6-21-28-17-39(29(21)18(2)40)32(41)30(34(3,4)5)38-33(42)44-27-15-19-14-23(19)22(27)10-8-7-9-11-25-31(43-28)37-26-16-20(35)12-13-24(26)36-25/h12-13,16,19,21-23,27-30H,6-11,14-15,17H2,1-5H3,(H,38,42)/t19?,21-,22-,23?,27-,28+,29-,30-/m1/s1. The van der Waals surface area contributed by atoms with Gasteiger partial charge in [-0.3, -0.25) is 9.59 Å². The first-order chi connectivity index (χ1) is 20.9. The molecular formula is C34H45FN4O5. The average molecular weight is 609 g/mol. The van der Waals surface area contributed by atoms with Crippen LogP contribution in [-0.4, -0.2) is 63.5 Å². The third kappa shape index (κ3) is 6.01. The summed E-state index contributed by atoms with van der Waals surface area (Å²) in [5.41, 5.74) is 1.06. The van der Waals surface area contributed by atoms with E-state index in [4.69, 9.17) is 19.4 Å². The van der Waals surface area contributed by atoms with E-state index in [0.717, 1.165) is 32.1 Å². The number of carbonyl (C=O) groups excluding carboxylic acids is 3. The summed E-state index contributed by atoms with van der Waals surface area (Å²) in [6.07, 6.45) is 5.91. The van der Waals surface area contributed by atoms with Crippen molar-refractivity contribution >= 4 is 28.8 Å². The fourth-order valence-corrected chi connectivity index (χ4v) is 7.99. The monoisotopic (exact) mass is 608 g/mol. The number of Topliss-reactive ketones (excluding diaryl/α,β-unsaturated/α-hetero) is 1. The third-order valence-electron chi connectivity index (χ3n) is 10.3. The van der Waals surface area contributed by atoms with Crippen LogP contribution in [0.5, 0.6) is 5.88 Å². The van der Waals surface area contributed by atoms with Crippen molar-refractivity contribution in [1.82, 2.24) is 20.2 Å². The zero-order valence-electron chi connectivity index (χ0n) is 26.5. The van der Waals surface area contributed by atoms with Gasteiger partial charge >= 0.3 is 6.09 Å². The number of alkyl carbamates (subject to hydrolysis) is 1. The zero-order valence-corrected chi connectivity index (χ0v) is 26.5. The van der Waals surface area contributed by atoms with E-state index >= 15 is 0 Å². The van der Waals surface area contributed by atoms with E-state index in [0.29, 0.717) is 53.2 Å². The first-order valence-corrected chi connectivity index (χ1v) is 16.4. The van der Waals surface area contributed by atoms with E-state index < -0.39 is 35.5 Å². The van der Waals surface area contributed by atoms with Gasteiger partial charge in [0.25, 0.3) is 0 Å². The van der Waals surface area contributed by atoms with Crippen LogP contribution in [0.1, 0.15) is 85.3 Å². The maximum absolute atomic E-state index is 14.3. The molecule has 2 aromatic rings. The molecule has 238 valence electrons. The Morgan fingerprint density at radius 3 is 2.57 bits per heavy atom. The lowest BCUT2D eigenvalue weighted by Crippen LogP contribution is -2.57. The lowest BCUT2D eigenvalue weighted by Gasteiger charge is -2.36. The second-order valence-electron chi connectivity index (χ2n) is 14.4. The van der Waals surface area contributed by atoms with Crippen LogP contribution in [0.4, 0.5) is 9.18 Å². The van der Waals surface area contributed by atoms with Gasteiger partial charge in [0.1, 0.15) is 29.8 Å². The minimum atomic E-state index is -0.902. The van der Waals surface area contributed by atoms with Gasteiger partial charge in [-0.05, 0) is 80.8 Å². The van der Waals surface area contributed by atoms with Crippen LogP contribution in [-0.2, 0) is 20.7 Å². The first-order valence-electron chi connectivity index (χ1n) is 16.4. The lowest BCUT2D eigenvalue weighted by molar-refractivity contribution is -0.141. The zero-order chi connectivity index (χ0) is 31.3. The van der Waals surface area contributed by atoms with Crippen molar-refractivity contribution < 1.29 is 28.2 Å². The number of carbonyl (C=O) groups is 3. The van der Waals surface area contributed by atoms with E-state index in [9.17, 15) is 18.8 Å². The van der Waals surface area contributed by atoms with Gasteiger partial charge in [0, 0.05) is 12.0 Å². The summed E-state index contributed by atoms with van der Waals surface area (Å²) in [6, 6.07) is 2.74. The molecule has 8 atom stereocenters. The molecule has 4 aliphatic rings. The number of aryl methyl sites for hydroxylation is 1. The van der Waals surface area contributed by atoms with Gasteiger partial charge in [0.05, 0.1) is 23.6 Å². The highest BCUT2D eigenvalue weighted by Gasteiger charge is 2.55. The molecule has 2 saturated carbocycles. The van der Waals surface area contributed by atoms with Crippen molar-refractivity contribution in [1.29, 1.82) is 0 Å². The molecule has 10 heteroatoms. The SMILES string of the molecule is CC[C@@H]1[C@@H]2CN(C(=O)[C@H](C(C)(C)C)NC(=O)O[C@@H]3CC4CC4[C@H]3CCCCCc3nc4ccc(F)cc4nc3O2)[C@@H]1C(C)=O. The maximum atomic E-state index is 14.3. The number of nitrogens with one attached hydrogen (secondary N) is 1. The lowest BCUT2D eigenvalue weighted by atomic mass is 9.85. The Labute approximate surface area is 258 Å². The number of amides is 2. The highest BCUT2D eigenvalue weighted by Crippen LogP contribution is 2.57. The Balaban J connectivity index is 1.37. The first kappa shape index (κ1) is 30.7. The fraction of sp³-hybridized carbons (Fsp3) is 0.676. The maximum Gasteiger partial charge on any atom is 0.408 e. The molecule has 1 saturated heterocycles. The Kier molecular flexibility index (Phi) is 8.30. The molecule has 3 fully saturated rings. The molecule has 2 aliphatic heterocycles. The minimum absolute atomic E-state index is 0.141. The molecule has 2 aliphatic carbocycles. The molecule has 0 spiro atoms. The molecule has 1 aromatic carbocycles. The number of hydrogen-bond donors (Lipinski definition) is 1. The van der Waals surface area contributed by atoms with Crippen molar-refractivity contribution in [2.24, 2.45) is 29.1 Å². The van der Waals surface area contributed by atoms with Crippen LogP contribution < -0.4 is 10.1 Å². The number of aromatic nitrogens is 2. The number of benzene rings is 1. The van der Waals surface area contributed by atoms with Crippen LogP contribution in [0.25, 0.3) is 11.0 Å². The number of ether oxygens (including phenoxy) is 2. The molecule has 2 bridgehead atoms. The van der Waals surface area contributed by atoms with E-state index in [1.165, 1.54) is 25.5 Å². The summed E-state index contributed by atoms with van der Waals surface area (Å²) in [5, 5.41) is 2.91. The van der Waals surface area contributed by atoms with Gasteiger partial charge in [0.15, 0.2) is 5.78 Å². The number of halogens is 1. The summed E-state index contributed by atoms with van der Waals surface area (Å²) in [5.74, 6) is 0.701. The van der Waals surface area contributed by atoms with Crippen LogP contribution in [0.15, 0.2) is 18.2 Å².